The minimum absolute atomic E-state index is 0.0194. The van der Waals surface area contributed by atoms with Crippen molar-refractivity contribution in [3.8, 4) is 5.75 Å². The molecule has 3 N–H and O–H groups in total. The molecule has 1 atom stereocenters. The number of carbonyl (C=O) groups is 1. The molecule has 0 heterocycles. The van der Waals surface area contributed by atoms with Gasteiger partial charge in [-0.3, -0.25) is 4.79 Å². The molecule has 0 spiro atoms. The number of rotatable bonds is 5. The zero-order valence-corrected chi connectivity index (χ0v) is 13.1. The number of nitrogens with two attached hydrogens (primary N) is 1. The Kier molecular flexibility index (Phi) is 5.57. The molecule has 1 rings (SSSR count). The van der Waals surface area contributed by atoms with Gasteiger partial charge in [0.15, 0.2) is 0 Å². The monoisotopic (exact) mass is 278 g/mol. The van der Waals surface area contributed by atoms with Crippen LogP contribution in [0.4, 0.5) is 5.69 Å². The van der Waals surface area contributed by atoms with Gasteiger partial charge in [-0.15, -0.1) is 0 Å². The SMILES string of the molecule is CCC(N)CC(=O)Nc1cc(C(C)(C)C)ccc1OC. The van der Waals surface area contributed by atoms with Crippen molar-refractivity contribution in [3.05, 3.63) is 23.8 Å². The van der Waals surface area contributed by atoms with Crippen molar-refractivity contribution in [2.45, 2.75) is 52.0 Å². The highest BCUT2D eigenvalue weighted by molar-refractivity contribution is 5.92. The molecule has 1 unspecified atom stereocenters. The average Bonchev–Trinajstić information content (AvgIpc) is 2.37. The molecule has 0 aliphatic carbocycles. The van der Waals surface area contributed by atoms with Gasteiger partial charge in [-0.2, -0.15) is 0 Å². The first-order chi connectivity index (χ1) is 9.27. The van der Waals surface area contributed by atoms with Crippen molar-refractivity contribution < 1.29 is 9.53 Å². The first-order valence-electron chi connectivity index (χ1n) is 7.02. The second-order valence-corrected chi connectivity index (χ2v) is 6.09. The van der Waals surface area contributed by atoms with Crippen LogP contribution in [0.3, 0.4) is 0 Å². The van der Waals surface area contributed by atoms with Gasteiger partial charge < -0.3 is 15.8 Å². The van der Waals surface area contributed by atoms with Gasteiger partial charge >= 0.3 is 0 Å². The molecule has 0 radical (unpaired) electrons. The van der Waals surface area contributed by atoms with Crippen molar-refractivity contribution in [3.63, 3.8) is 0 Å². The van der Waals surface area contributed by atoms with Crippen LogP contribution in [0.1, 0.15) is 46.1 Å². The summed E-state index contributed by atoms with van der Waals surface area (Å²) in [5.74, 6) is 0.583. The molecule has 0 bridgehead atoms. The van der Waals surface area contributed by atoms with Crippen molar-refractivity contribution >= 4 is 11.6 Å². The largest absolute Gasteiger partial charge is 0.495 e. The van der Waals surface area contributed by atoms with E-state index in [-0.39, 0.29) is 17.4 Å². The number of ether oxygens (including phenoxy) is 1. The fourth-order valence-electron chi connectivity index (χ4n) is 1.86. The second kappa shape index (κ2) is 6.75. The minimum atomic E-state index is -0.105. The molecule has 4 nitrogen and oxygen atoms in total. The predicted octanol–water partition coefficient (Wildman–Crippen LogP) is 3.06. The van der Waals surface area contributed by atoms with Crippen LogP contribution >= 0.6 is 0 Å². The zero-order valence-electron chi connectivity index (χ0n) is 13.1. The molecule has 0 aliphatic heterocycles. The summed E-state index contributed by atoms with van der Waals surface area (Å²) in [5.41, 5.74) is 7.67. The third-order valence-electron chi connectivity index (χ3n) is 3.31. The van der Waals surface area contributed by atoms with E-state index in [1.807, 2.05) is 25.1 Å². The molecule has 0 saturated carbocycles. The highest BCUT2D eigenvalue weighted by atomic mass is 16.5. The lowest BCUT2D eigenvalue weighted by molar-refractivity contribution is -0.116. The maximum absolute atomic E-state index is 12.0. The van der Waals surface area contributed by atoms with Crippen LogP contribution in [0, 0.1) is 0 Å². The number of hydrogen-bond donors (Lipinski definition) is 2. The van der Waals surface area contributed by atoms with Gasteiger partial charge in [-0.1, -0.05) is 33.8 Å². The number of anilines is 1. The Morgan fingerprint density at radius 1 is 1.40 bits per heavy atom. The summed E-state index contributed by atoms with van der Waals surface area (Å²) in [6, 6.07) is 5.77. The van der Waals surface area contributed by atoms with Crippen LogP contribution in [0.2, 0.25) is 0 Å². The van der Waals surface area contributed by atoms with E-state index >= 15 is 0 Å². The molecule has 20 heavy (non-hydrogen) atoms. The first kappa shape index (κ1) is 16.5. The number of methoxy groups -OCH3 is 1. The molecule has 1 amide bonds. The molecule has 112 valence electrons. The van der Waals surface area contributed by atoms with E-state index in [1.165, 1.54) is 0 Å². The van der Waals surface area contributed by atoms with Gasteiger partial charge in [0.2, 0.25) is 5.91 Å². The van der Waals surface area contributed by atoms with Crippen LogP contribution in [-0.2, 0) is 10.2 Å². The maximum atomic E-state index is 12.0. The molecule has 1 aromatic rings. The third-order valence-corrected chi connectivity index (χ3v) is 3.31. The Morgan fingerprint density at radius 2 is 2.05 bits per heavy atom. The van der Waals surface area contributed by atoms with E-state index in [0.717, 1.165) is 12.0 Å². The van der Waals surface area contributed by atoms with Crippen molar-refractivity contribution in [1.29, 1.82) is 0 Å². The first-order valence-corrected chi connectivity index (χ1v) is 7.02. The maximum Gasteiger partial charge on any atom is 0.226 e. The topological polar surface area (TPSA) is 64.4 Å². The van der Waals surface area contributed by atoms with E-state index < -0.39 is 0 Å². The summed E-state index contributed by atoms with van der Waals surface area (Å²) in [6.45, 7) is 8.37. The van der Waals surface area contributed by atoms with Gasteiger partial charge in [-0.05, 0) is 29.5 Å². The molecule has 0 aromatic heterocycles. The summed E-state index contributed by atoms with van der Waals surface area (Å²) in [7, 11) is 1.60. The van der Waals surface area contributed by atoms with E-state index in [1.54, 1.807) is 7.11 Å². The highest BCUT2D eigenvalue weighted by Gasteiger charge is 2.17. The van der Waals surface area contributed by atoms with Crippen molar-refractivity contribution in [1.82, 2.24) is 0 Å². The Hall–Kier alpha value is -1.55. The normalized spacial score (nSPS) is 12.9. The summed E-state index contributed by atoms with van der Waals surface area (Å²) in [6.07, 6.45) is 1.10. The Morgan fingerprint density at radius 3 is 2.55 bits per heavy atom. The standard InChI is InChI=1S/C16H26N2O2/c1-6-12(17)10-15(19)18-13-9-11(16(2,3)4)7-8-14(13)20-5/h7-9,12H,6,10,17H2,1-5H3,(H,18,19). The number of benzene rings is 1. The summed E-state index contributed by atoms with van der Waals surface area (Å²) < 4.78 is 5.30. The van der Waals surface area contributed by atoms with Gasteiger partial charge in [0.05, 0.1) is 12.8 Å². The Labute approximate surface area is 121 Å². The van der Waals surface area contributed by atoms with Crippen molar-refractivity contribution in [2.24, 2.45) is 5.73 Å². The van der Waals surface area contributed by atoms with Crippen LogP contribution in [0.5, 0.6) is 5.75 Å². The van der Waals surface area contributed by atoms with E-state index in [0.29, 0.717) is 17.9 Å². The lowest BCUT2D eigenvalue weighted by atomic mass is 9.87. The molecular weight excluding hydrogens is 252 g/mol. The summed E-state index contributed by atoms with van der Waals surface area (Å²) in [5, 5.41) is 2.90. The molecule has 4 heteroatoms. The van der Waals surface area contributed by atoms with Crippen LogP contribution in [0.15, 0.2) is 18.2 Å². The van der Waals surface area contributed by atoms with Crippen LogP contribution in [-0.4, -0.2) is 19.1 Å². The second-order valence-electron chi connectivity index (χ2n) is 6.09. The number of hydrogen-bond acceptors (Lipinski definition) is 3. The lowest BCUT2D eigenvalue weighted by Crippen LogP contribution is -2.26. The van der Waals surface area contributed by atoms with Gasteiger partial charge in [0.1, 0.15) is 5.75 Å². The number of amides is 1. The molecule has 0 saturated heterocycles. The molecule has 1 aromatic carbocycles. The Bertz CT molecular complexity index is 464. The molecular formula is C16H26N2O2. The van der Waals surface area contributed by atoms with Crippen LogP contribution < -0.4 is 15.8 Å². The minimum Gasteiger partial charge on any atom is -0.495 e. The smallest absolute Gasteiger partial charge is 0.226 e. The van der Waals surface area contributed by atoms with Gasteiger partial charge in [-0.25, -0.2) is 0 Å². The van der Waals surface area contributed by atoms with E-state index in [2.05, 4.69) is 26.1 Å². The average molecular weight is 278 g/mol. The fourth-order valence-corrected chi connectivity index (χ4v) is 1.86. The van der Waals surface area contributed by atoms with Gasteiger partial charge in [0, 0.05) is 12.5 Å². The summed E-state index contributed by atoms with van der Waals surface area (Å²) >= 11 is 0. The van der Waals surface area contributed by atoms with E-state index in [4.69, 9.17) is 10.5 Å². The lowest BCUT2D eigenvalue weighted by Gasteiger charge is -2.21. The van der Waals surface area contributed by atoms with Crippen molar-refractivity contribution in [2.75, 3.05) is 12.4 Å². The van der Waals surface area contributed by atoms with Crippen LogP contribution in [0.25, 0.3) is 0 Å². The Balaban J connectivity index is 2.94. The van der Waals surface area contributed by atoms with Gasteiger partial charge in [0.25, 0.3) is 0 Å². The third kappa shape index (κ3) is 4.53. The summed E-state index contributed by atoms with van der Waals surface area (Å²) in [4.78, 5) is 12.0. The zero-order chi connectivity index (χ0) is 15.3. The van der Waals surface area contributed by atoms with E-state index in [9.17, 15) is 4.79 Å². The number of nitrogens with one attached hydrogen (secondary N) is 1. The fraction of sp³-hybridized carbons (Fsp3) is 0.562. The highest BCUT2D eigenvalue weighted by Crippen LogP contribution is 2.31. The molecule has 0 fully saturated rings. The number of carbonyl (C=O) groups excluding carboxylic acids is 1. The quantitative estimate of drug-likeness (QED) is 0.870. The predicted molar refractivity (Wildman–Crippen MR) is 83.2 cm³/mol. The molecule has 0 aliphatic rings.